The van der Waals surface area contributed by atoms with Crippen LogP contribution in [0.3, 0.4) is 0 Å². The Labute approximate surface area is 111 Å². The van der Waals surface area contributed by atoms with Crippen LogP contribution < -0.4 is 4.74 Å². The molecule has 1 aromatic carbocycles. The third-order valence-corrected chi connectivity index (χ3v) is 3.55. The summed E-state index contributed by atoms with van der Waals surface area (Å²) >= 11 is 0. The van der Waals surface area contributed by atoms with Gasteiger partial charge in [-0.2, -0.15) is 0 Å². The predicted molar refractivity (Wildman–Crippen MR) is 68.5 cm³/mol. The Bertz CT molecular complexity index is 484. The summed E-state index contributed by atoms with van der Waals surface area (Å²) in [5.41, 5.74) is -0.129. The van der Waals surface area contributed by atoms with Crippen LogP contribution in [0.4, 0.5) is 4.39 Å². The van der Waals surface area contributed by atoms with Gasteiger partial charge in [0.15, 0.2) is 11.6 Å². The number of ether oxygens (including phenoxy) is 1. The van der Waals surface area contributed by atoms with E-state index in [2.05, 4.69) is 0 Å². The first-order chi connectivity index (χ1) is 8.97. The minimum absolute atomic E-state index is 0.0947. The van der Waals surface area contributed by atoms with Gasteiger partial charge in [0, 0.05) is 0 Å². The largest absolute Gasteiger partial charge is 0.494 e. The van der Waals surface area contributed by atoms with Crippen LogP contribution in [0.5, 0.6) is 5.75 Å². The smallest absolute Gasteiger partial charge is 0.227 e. The van der Waals surface area contributed by atoms with Crippen molar-refractivity contribution >= 4 is 5.91 Å². The second-order valence-electron chi connectivity index (χ2n) is 4.97. The van der Waals surface area contributed by atoms with Gasteiger partial charge < -0.3 is 14.7 Å². The minimum Gasteiger partial charge on any atom is -0.494 e. The van der Waals surface area contributed by atoms with Crippen LogP contribution in [0, 0.1) is 5.82 Å². The molecule has 1 saturated heterocycles. The Morgan fingerprint density at radius 3 is 2.74 bits per heavy atom. The number of rotatable bonds is 4. The zero-order valence-corrected chi connectivity index (χ0v) is 11.1. The number of nitrogens with zero attached hydrogens (tertiary/aromatic N) is 1. The van der Waals surface area contributed by atoms with Crippen molar-refractivity contribution in [1.82, 2.24) is 4.90 Å². The number of hydrogen-bond donors (Lipinski definition) is 1. The lowest BCUT2D eigenvalue weighted by atomic mass is 9.91. The maximum absolute atomic E-state index is 13.5. The molecule has 4 nitrogen and oxygen atoms in total. The van der Waals surface area contributed by atoms with Gasteiger partial charge in [0.1, 0.15) is 0 Å². The zero-order chi connectivity index (χ0) is 14.0. The van der Waals surface area contributed by atoms with Gasteiger partial charge in [-0.3, -0.25) is 4.79 Å². The lowest BCUT2D eigenvalue weighted by Crippen LogP contribution is -2.63. The van der Waals surface area contributed by atoms with E-state index in [0.29, 0.717) is 25.1 Å². The molecule has 1 aromatic rings. The zero-order valence-electron chi connectivity index (χ0n) is 11.1. The van der Waals surface area contributed by atoms with Crippen LogP contribution in [0.1, 0.15) is 18.9 Å². The maximum Gasteiger partial charge on any atom is 0.227 e. The van der Waals surface area contributed by atoms with Crippen molar-refractivity contribution in [2.24, 2.45) is 0 Å². The lowest BCUT2D eigenvalue weighted by molar-refractivity contribution is -0.155. The summed E-state index contributed by atoms with van der Waals surface area (Å²) in [7, 11) is 1.40. The van der Waals surface area contributed by atoms with Gasteiger partial charge in [-0.25, -0.2) is 4.39 Å². The van der Waals surface area contributed by atoms with Crippen molar-refractivity contribution in [2.75, 3.05) is 20.2 Å². The molecule has 5 heteroatoms. The van der Waals surface area contributed by atoms with E-state index in [1.54, 1.807) is 11.0 Å². The monoisotopic (exact) mass is 267 g/mol. The standard InChI is InChI=1S/C14H18FNO3/c1-3-14(18)8-16(9-14)13(17)7-10-4-5-12(19-2)11(15)6-10/h4-6,18H,3,7-9H2,1-2H3. The summed E-state index contributed by atoms with van der Waals surface area (Å²) in [5.74, 6) is -0.398. The van der Waals surface area contributed by atoms with Gasteiger partial charge in [0.25, 0.3) is 0 Å². The van der Waals surface area contributed by atoms with Crippen LogP contribution in [0.2, 0.25) is 0 Å². The first-order valence-corrected chi connectivity index (χ1v) is 6.30. The molecule has 1 amide bonds. The highest BCUT2D eigenvalue weighted by atomic mass is 19.1. The van der Waals surface area contributed by atoms with Crippen molar-refractivity contribution in [2.45, 2.75) is 25.4 Å². The molecule has 1 fully saturated rings. The van der Waals surface area contributed by atoms with Crippen molar-refractivity contribution in [3.8, 4) is 5.75 Å². The van der Waals surface area contributed by atoms with Gasteiger partial charge >= 0.3 is 0 Å². The highest BCUT2D eigenvalue weighted by Gasteiger charge is 2.41. The number of halogens is 1. The molecule has 0 unspecified atom stereocenters. The van der Waals surface area contributed by atoms with Gasteiger partial charge in [-0.1, -0.05) is 13.0 Å². The number of carbonyl (C=O) groups is 1. The highest BCUT2D eigenvalue weighted by Crippen LogP contribution is 2.25. The first kappa shape index (κ1) is 13.8. The van der Waals surface area contributed by atoms with E-state index < -0.39 is 11.4 Å². The molecule has 0 aromatic heterocycles. The average Bonchev–Trinajstić information content (AvgIpc) is 2.35. The molecule has 0 bridgehead atoms. The Morgan fingerprint density at radius 1 is 1.53 bits per heavy atom. The van der Waals surface area contributed by atoms with Crippen molar-refractivity contribution in [1.29, 1.82) is 0 Å². The third-order valence-electron chi connectivity index (χ3n) is 3.55. The maximum atomic E-state index is 13.5. The molecular formula is C14H18FNO3. The van der Waals surface area contributed by atoms with Crippen molar-refractivity contribution in [3.05, 3.63) is 29.6 Å². The Morgan fingerprint density at radius 2 is 2.21 bits per heavy atom. The van der Waals surface area contributed by atoms with Crippen molar-refractivity contribution < 1.29 is 19.0 Å². The highest BCUT2D eigenvalue weighted by molar-refractivity contribution is 5.80. The number of carbonyl (C=O) groups excluding carboxylic acids is 1. The molecule has 2 rings (SSSR count). The van der Waals surface area contributed by atoms with Gasteiger partial charge in [-0.15, -0.1) is 0 Å². The van der Waals surface area contributed by atoms with Crippen molar-refractivity contribution in [3.63, 3.8) is 0 Å². The molecule has 1 aliphatic heterocycles. The van der Waals surface area contributed by atoms with E-state index >= 15 is 0 Å². The molecule has 19 heavy (non-hydrogen) atoms. The molecule has 0 spiro atoms. The third kappa shape index (κ3) is 2.87. The van der Waals surface area contributed by atoms with Gasteiger partial charge in [0.2, 0.25) is 5.91 Å². The van der Waals surface area contributed by atoms with E-state index in [-0.39, 0.29) is 18.1 Å². The molecule has 1 heterocycles. The minimum atomic E-state index is -0.735. The molecule has 0 radical (unpaired) electrons. The lowest BCUT2D eigenvalue weighted by Gasteiger charge is -2.46. The number of β-amino-alcohol motifs (C(OH)–C–C–N with tert-alkyl or cyclic N) is 1. The van der Waals surface area contributed by atoms with Crippen LogP contribution in [0.15, 0.2) is 18.2 Å². The molecule has 1 aliphatic rings. The van der Waals surface area contributed by atoms with E-state index in [9.17, 15) is 14.3 Å². The summed E-state index contributed by atoms with van der Waals surface area (Å²) in [6, 6.07) is 4.49. The fourth-order valence-electron chi connectivity index (χ4n) is 2.17. The second-order valence-corrected chi connectivity index (χ2v) is 4.97. The van der Waals surface area contributed by atoms with Gasteiger partial charge in [-0.05, 0) is 24.1 Å². The van der Waals surface area contributed by atoms with Gasteiger partial charge in [0.05, 0.1) is 32.2 Å². The summed E-state index contributed by atoms with van der Waals surface area (Å²) < 4.78 is 18.3. The summed E-state index contributed by atoms with van der Waals surface area (Å²) in [4.78, 5) is 13.5. The molecular weight excluding hydrogens is 249 g/mol. The average molecular weight is 267 g/mol. The second kappa shape index (κ2) is 5.17. The number of methoxy groups -OCH3 is 1. The number of aliphatic hydroxyl groups is 1. The summed E-state index contributed by atoms with van der Waals surface area (Å²) in [6.07, 6.45) is 0.772. The van der Waals surface area contributed by atoms with E-state index in [1.807, 2.05) is 6.92 Å². The molecule has 1 N–H and O–H groups in total. The Balaban J connectivity index is 1.95. The number of amides is 1. The fourth-order valence-corrected chi connectivity index (χ4v) is 2.17. The SMILES string of the molecule is CCC1(O)CN(C(=O)Cc2ccc(OC)c(F)c2)C1. The molecule has 0 saturated carbocycles. The van der Waals surface area contributed by atoms with E-state index in [4.69, 9.17) is 4.74 Å². The Kier molecular flexibility index (Phi) is 3.75. The van der Waals surface area contributed by atoms with Crippen LogP contribution >= 0.6 is 0 Å². The van der Waals surface area contributed by atoms with E-state index in [0.717, 1.165) is 0 Å². The number of likely N-dealkylation sites (tertiary alicyclic amines) is 1. The topological polar surface area (TPSA) is 49.8 Å². The molecule has 104 valence electrons. The number of benzene rings is 1. The number of hydrogen-bond acceptors (Lipinski definition) is 3. The van der Waals surface area contributed by atoms with Crippen LogP contribution in [-0.2, 0) is 11.2 Å². The quantitative estimate of drug-likeness (QED) is 0.896. The normalized spacial score (nSPS) is 16.9. The van der Waals surface area contributed by atoms with E-state index in [1.165, 1.54) is 19.2 Å². The fraction of sp³-hybridized carbons (Fsp3) is 0.500. The Hall–Kier alpha value is -1.62. The first-order valence-electron chi connectivity index (χ1n) is 6.30. The van der Waals surface area contributed by atoms with Crippen LogP contribution in [-0.4, -0.2) is 41.7 Å². The summed E-state index contributed by atoms with van der Waals surface area (Å²) in [5, 5.41) is 9.85. The molecule has 0 atom stereocenters. The predicted octanol–water partition coefficient (Wildman–Crippen LogP) is 1.36. The molecule has 0 aliphatic carbocycles. The van der Waals surface area contributed by atoms with Crippen LogP contribution in [0.25, 0.3) is 0 Å². The summed E-state index contributed by atoms with van der Waals surface area (Å²) in [6.45, 7) is 2.61.